The van der Waals surface area contributed by atoms with Crippen LogP contribution in [0.1, 0.15) is 57.4 Å². The van der Waals surface area contributed by atoms with Crippen molar-refractivity contribution in [2.45, 2.75) is 53.4 Å². The summed E-state index contributed by atoms with van der Waals surface area (Å²) in [5, 5.41) is 21.0. The normalized spacial score (nSPS) is 11.7. The number of anilines is 1. The van der Waals surface area contributed by atoms with Gasteiger partial charge in [0.1, 0.15) is 0 Å². The van der Waals surface area contributed by atoms with Gasteiger partial charge in [0.2, 0.25) is 0 Å². The van der Waals surface area contributed by atoms with Gasteiger partial charge in [-0.1, -0.05) is 32.3 Å². The van der Waals surface area contributed by atoms with Gasteiger partial charge in [-0.25, -0.2) is 0 Å². The van der Waals surface area contributed by atoms with E-state index in [1.165, 1.54) is 0 Å². The maximum atomic E-state index is 9.12. The van der Waals surface area contributed by atoms with Crippen LogP contribution in [-0.2, 0) is 12.8 Å². The van der Waals surface area contributed by atoms with Crippen LogP contribution in [0.3, 0.4) is 0 Å². The minimum atomic E-state index is 0.112. The van der Waals surface area contributed by atoms with Gasteiger partial charge in [0.05, 0.1) is 11.3 Å². The molecule has 0 radical (unpaired) electrons. The van der Waals surface area contributed by atoms with Gasteiger partial charge in [0.25, 0.3) is 0 Å². The summed E-state index contributed by atoms with van der Waals surface area (Å²) >= 11 is 0. The van der Waals surface area contributed by atoms with Crippen molar-refractivity contribution in [1.29, 1.82) is 0 Å². The molecule has 0 aliphatic rings. The fraction of sp³-hybridized carbons (Fsp3) is 0.667. The number of amidine groups is 1. The van der Waals surface area contributed by atoms with Crippen LogP contribution in [-0.4, -0.2) is 34.3 Å². The highest BCUT2D eigenvalue weighted by atomic mass is 16.4. The fourth-order valence-electron chi connectivity index (χ4n) is 2.47. The number of aromatic nitrogens is 2. The minimum absolute atomic E-state index is 0.112. The number of unbranched alkanes of at least 4 members (excludes halogenated alkanes) is 1. The largest absolute Gasteiger partial charge is 0.409 e. The molecule has 6 nitrogen and oxygen atoms in total. The molecule has 0 amide bonds. The van der Waals surface area contributed by atoms with E-state index < -0.39 is 0 Å². The Morgan fingerprint density at radius 1 is 1.19 bits per heavy atom. The highest BCUT2D eigenvalue weighted by molar-refractivity contribution is 6.03. The summed E-state index contributed by atoms with van der Waals surface area (Å²) in [5.74, 6) is 0.830. The molecule has 6 heteroatoms. The van der Waals surface area contributed by atoms with Crippen LogP contribution >= 0.6 is 0 Å². The SMILES string of the molecule is CCCCN(CC)c1nnc(CC)c(CC)c1C(N)=NO. The van der Waals surface area contributed by atoms with Crippen LogP contribution in [0, 0.1) is 0 Å². The molecule has 21 heavy (non-hydrogen) atoms. The van der Waals surface area contributed by atoms with E-state index >= 15 is 0 Å². The van der Waals surface area contributed by atoms with Gasteiger partial charge in [-0.2, -0.15) is 5.10 Å². The second-order valence-electron chi connectivity index (χ2n) is 4.95. The second kappa shape index (κ2) is 8.44. The first-order valence-electron chi connectivity index (χ1n) is 7.75. The molecule has 0 aromatic carbocycles. The molecule has 0 fully saturated rings. The molecule has 1 heterocycles. The van der Waals surface area contributed by atoms with Crippen molar-refractivity contribution in [2.24, 2.45) is 10.9 Å². The third-order valence-corrected chi connectivity index (χ3v) is 3.65. The average molecular weight is 293 g/mol. The van der Waals surface area contributed by atoms with E-state index in [9.17, 15) is 0 Å². The number of aryl methyl sites for hydroxylation is 1. The van der Waals surface area contributed by atoms with E-state index in [-0.39, 0.29) is 5.84 Å². The third kappa shape index (κ3) is 3.83. The molecule has 0 bridgehead atoms. The maximum absolute atomic E-state index is 9.12. The molecule has 0 saturated carbocycles. The molecule has 0 aliphatic heterocycles. The van der Waals surface area contributed by atoms with Gasteiger partial charge >= 0.3 is 0 Å². The zero-order chi connectivity index (χ0) is 15.8. The van der Waals surface area contributed by atoms with E-state index in [0.29, 0.717) is 0 Å². The zero-order valence-electron chi connectivity index (χ0n) is 13.6. The van der Waals surface area contributed by atoms with Crippen LogP contribution in [0.4, 0.5) is 5.82 Å². The molecular weight excluding hydrogens is 266 g/mol. The number of hydrogen-bond acceptors (Lipinski definition) is 5. The molecule has 118 valence electrons. The molecule has 1 aromatic heterocycles. The van der Waals surface area contributed by atoms with E-state index in [1.54, 1.807) is 0 Å². The number of nitrogens with zero attached hydrogens (tertiary/aromatic N) is 4. The van der Waals surface area contributed by atoms with Gasteiger partial charge in [0, 0.05) is 13.1 Å². The van der Waals surface area contributed by atoms with E-state index in [4.69, 9.17) is 10.9 Å². The van der Waals surface area contributed by atoms with Gasteiger partial charge in [-0.05, 0) is 31.7 Å². The highest BCUT2D eigenvalue weighted by Gasteiger charge is 2.21. The van der Waals surface area contributed by atoms with Crippen LogP contribution < -0.4 is 10.6 Å². The Morgan fingerprint density at radius 3 is 2.38 bits per heavy atom. The van der Waals surface area contributed by atoms with E-state index in [2.05, 4.69) is 41.0 Å². The molecular formula is C15H27N5O. The predicted molar refractivity (Wildman–Crippen MR) is 86.1 cm³/mol. The Morgan fingerprint density at radius 2 is 1.90 bits per heavy atom. The van der Waals surface area contributed by atoms with Crippen molar-refractivity contribution in [3.8, 4) is 0 Å². The number of rotatable bonds is 8. The Kier molecular flexibility index (Phi) is 6.91. The highest BCUT2D eigenvalue weighted by Crippen LogP contribution is 2.24. The molecule has 1 aromatic rings. The van der Waals surface area contributed by atoms with Gasteiger partial charge < -0.3 is 15.8 Å². The lowest BCUT2D eigenvalue weighted by molar-refractivity contribution is 0.318. The number of nitrogens with two attached hydrogens (primary N) is 1. The Labute approximate surface area is 127 Å². The lowest BCUT2D eigenvalue weighted by Gasteiger charge is -2.25. The minimum Gasteiger partial charge on any atom is -0.409 e. The van der Waals surface area contributed by atoms with Crippen molar-refractivity contribution in [3.63, 3.8) is 0 Å². The zero-order valence-corrected chi connectivity index (χ0v) is 13.6. The molecule has 0 spiro atoms. The van der Waals surface area contributed by atoms with Gasteiger partial charge in [-0.3, -0.25) is 0 Å². The maximum Gasteiger partial charge on any atom is 0.174 e. The summed E-state index contributed by atoms with van der Waals surface area (Å²) in [4.78, 5) is 2.14. The first kappa shape index (κ1) is 17.2. The Balaban J connectivity index is 3.42. The van der Waals surface area contributed by atoms with Crippen molar-refractivity contribution in [3.05, 3.63) is 16.8 Å². The molecule has 0 saturated heterocycles. The summed E-state index contributed by atoms with van der Waals surface area (Å²) in [6.45, 7) is 10.0. The smallest absolute Gasteiger partial charge is 0.174 e. The van der Waals surface area contributed by atoms with Gasteiger partial charge in [0.15, 0.2) is 11.7 Å². The lowest BCUT2D eigenvalue weighted by Crippen LogP contribution is -2.30. The van der Waals surface area contributed by atoms with Crippen molar-refractivity contribution in [1.82, 2.24) is 10.2 Å². The molecule has 0 aliphatic carbocycles. The monoisotopic (exact) mass is 293 g/mol. The molecule has 3 N–H and O–H groups in total. The fourth-order valence-corrected chi connectivity index (χ4v) is 2.47. The van der Waals surface area contributed by atoms with Crippen LogP contribution in [0.15, 0.2) is 5.16 Å². The van der Waals surface area contributed by atoms with Crippen molar-refractivity contribution < 1.29 is 5.21 Å². The first-order valence-corrected chi connectivity index (χ1v) is 7.75. The quantitative estimate of drug-likeness (QED) is 0.332. The second-order valence-corrected chi connectivity index (χ2v) is 4.95. The molecule has 1 rings (SSSR count). The Hall–Kier alpha value is -1.85. The summed E-state index contributed by atoms with van der Waals surface area (Å²) < 4.78 is 0. The van der Waals surface area contributed by atoms with Crippen LogP contribution in [0.2, 0.25) is 0 Å². The predicted octanol–water partition coefficient (Wildman–Crippen LogP) is 2.32. The number of oxime groups is 1. The first-order chi connectivity index (χ1) is 10.1. The van der Waals surface area contributed by atoms with E-state index in [1.807, 2.05) is 6.92 Å². The summed E-state index contributed by atoms with van der Waals surface area (Å²) in [7, 11) is 0. The molecule has 0 atom stereocenters. The van der Waals surface area contributed by atoms with E-state index in [0.717, 1.165) is 61.4 Å². The third-order valence-electron chi connectivity index (χ3n) is 3.65. The summed E-state index contributed by atoms with van der Waals surface area (Å²) in [6, 6.07) is 0. The summed E-state index contributed by atoms with van der Waals surface area (Å²) in [5.41, 5.74) is 8.58. The van der Waals surface area contributed by atoms with Crippen LogP contribution in [0.25, 0.3) is 0 Å². The van der Waals surface area contributed by atoms with Gasteiger partial charge in [-0.15, -0.1) is 5.10 Å². The molecule has 0 unspecified atom stereocenters. The number of hydrogen-bond donors (Lipinski definition) is 2. The van der Waals surface area contributed by atoms with Crippen LogP contribution in [0.5, 0.6) is 0 Å². The van der Waals surface area contributed by atoms with Crippen molar-refractivity contribution in [2.75, 3.05) is 18.0 Å². The Bertz CT molecular complexity index is 487. The summed E-state index contributed by atoms with van der Waals surface area (Å²) in [6.07, 6.45) is 3.74. The standard InChI is InChI=1S/C15H27N5O/c1-5-9-10-20(8-4)15-13(14(16)19-21)11(6-2)12(7-3)17-18-15/h21H,5-10H2,1-4H3,(H2,16,19). The lowest BCUT2D eigenvalue weighted by atomic mass is 10.0. The van der Waals surface area contributed by atoms with Crippen molar-refractivity contribution >= 4 is 11.7 Å². The topological polar surface area (TPSA) is 87.6 Å². The average Bonchev–Trinajstić information content (AvgIpc) is 2.53.